The Bertz CT molecular complexity index is 976. The topological polar surface area (TPSA) is 71.6 Å². The maximum Gasteiger partial charge on any atom is 0.321 e. The molecule has 154 valence electrons. The molecule has 4 heterocycles. The van der Waals surface area contributed by atoms with Crippen LogP contribution in [0.2, 0.25) is 0 Å². The minimum Gasteiger partial charge on any atom is -0.468 e. The molecule has 0 radical (unpaired) electrons. The number of carbonyl (C=O) groups excluding carboxylic acids is 2. The number of hydrogen-bond donors (Lipinski definition) is 1. The van der Waals surface area contributed by atoms with Crippen LogP contribution in [-0.2, 0) is 30.9 Å². The number of hydrogen-bond acceptors (Lipinski definition) is 5. The number of para-hydroxylation sites is 1. The largest absolute Gasteiger partial charge is 0.468 e. The molecule has 3 aliphatic rings. The Hall–Kier alpha value is -2.60. The van der Waals surface area contributed by atoms with E-state index < -0.39 is 11.4 Å². The molecular formula is C23H28N2O4. The summed E-state index contributed by atoms with van der Waals surface area (Å²) in [5, 5.41) is 1.11. The summed E-state index contributed by atoms with van der Waals surface area (Å²) in [5.41, 5.74) is 3.04. The predicted octanol–water partition coefficient (Wildman–Crippen LogP) is 2.97. The quantitative estimate of drug-likeness (QED) is 0.638. The van der Waals surface area contributed by atoms with Crippen LogP contribution in [0.15, 0.2) is 35.9 Å². The number of rotatable bonds is 3. The summed E-state index contributed by atoms with van der Waals surface area (Å²) in [6.07, 6.45) is 3.74. The number of H-pyrrole nitrogens is 1. The SMILES string of the molecule is CC=C1CN2CCc3c([nH]c4ccccc34)C(COC(C)=O)(C(=O)OC)C1CC2. The van der Waals surface area contributed by atoms with Crippen molar-refractivity contribution in [2.45, 2.75) is 32.1 Å². The molecule has 0 saturated carbocycles. The molecule has 29 heavy (non-hydrogen) atoms. The Kier molecular flexibility index (Phi) is 5.21. The number of benzene rings is 1. The number of piperidine rings is 1. The number of aromatic amines is 1. The predicted molar refractivity (Wildman–Crippen MR) is 111 cm³/mol. The minimum atomic E-state index is -1.09. The average molecular weight is 396 g/mol. The molecule has 3 aliphatic heterocycles. The van der Waals surface area contributed by atoms with Crippen molar-refractivity contribution in [2.24, 2.45) is 5.92 Å². The van der Waals surface area contributed by atoms with Gasteiger partial charge in [-0.25, -0.2) is 0 Å². The molecule has 3 atom stereocenters. The van der Waals surface area contributed by atoms with Gasteiger partial charge in [-0.3, -0.25) is 14.5 Å². The van der Waals surface area contributed by atoms with E-state index >= 15 is 0 Å². The lowest BCUT2D eigenvalue weighted by Crippen LogP contribution is -2.52. The van der Waals surface area contributed by atoms with E-state index in [9.17, 15) is 9.59 Å². The van der Waals surface area contributed by atoms with E-state index in [-0.39, 0.29) is 18.5 Å². The zero-order valence-corrected chi connectivity index (χ0v) is 17.3. The molecule has 1 aromatic heterocycles. The first-order valence-corrected chi connectivity index (χ1v) is 10.2. The van der Waals surface area contributed by atoms with Crippen LogP contribution in [0.5, 0.6) is 0 Å². The van der Waals surface area contributed by atoms with Crippen LogP contribution < -0.4 is 0 Å². The highest BCUT2D eigenvalue weighted by molar-refractivity contribution is 5.91. The van der Waals surface area contributed by atoms with E-state index in [1.807, 2.05) is 25.1 Å². The summed E-state index contributed by atoms with van der Waals surface area (Å²) in [5.74, 6) is -0.850. The van der Waals surface area contributed by atoms with Gasteiger partial charge in [0.1, 0.15) is 12.0 Å². The van der Waals surface area contributed by atoms with Crippen molar-refractivity contribution >= 4 is 22.8 Å². The van der Waals surface area contributed by atoms with Crippen LogP contribution in [0.4, 0.5) is 0 Å². The van der Waals surface area contributed by atoms with Gasteiger partial charge in [0.15, 0.2) is 0 Å². The molecule has 5 rings (SSSR count). The molecule has 2 bridgehead atoms. The minimum absolute atomic E-state index is 0.0309. The standard InChI is InChI=1S/C23H28N2O4/c1-4-16-13-25-11-9-18-17-7-5-6-8-20(17)24-21(18)23(22(27)28-3,14-29-15(2)26)19(16)10-12-25/h4-8,19,24H,9-14H2,1-3H3. The summed E-state index contributed by atoms with van der Waals surface area (Å²) < 4.78 is 10.9. The van der Waals surface area contributed by atoms with Gasteiger partial charge in [0.2, 0.25) is 0 Å². The summed E-state index contributed by atoms with van der Waals surface area (Å²) in [6.45, 7) is 6.01. The zero-order chi connectivity index (χ0) is 20.6. The monoisotopic (exact) mass is 396 g/mol. The molecule has 1 aromatic carbocycles. The molecule has 2 aromatic rings. The first-order chi connectivity index (χ1) is 14.0. The van der Waals surface area contributed by atoms with Crippen molar-refractivity contribution < 1.29 is 19.1 Å². The van der Waals surface area contributed by atoms with Crippen LogP contribution in [-0.4, -0.2) is 55.2 Å². The van der Waals surface area contributed by atoms with Crippen molar-refractivity contribution in [3.63, 3.8) is 0 Å². The fourth-order valence-corrected chi connectivity index (χ4v) is 5.15. The molecule has 3 unspecified atom stereocenters. The second kappa shape index (κ2) is 7.67. The van der Waals surface area contributed by atoms with E-state index in [0.717, 1.165) is 54.6 Å². The van der Waals surface area contributed by atoms with Gasteiger partial charge < -0.3 is 14.5 Å². The fraction of sp³-hybridized carbons (Fsp3) is 0.478. The highest BCUT2D eigenvalue weighted by Gasteiger charge is 2.54. The van der Waals surface area contributed by atoms with Crippen molar-refractivity contribution in [3.8, 4) is 0 Å². The van der Waals surface area contributed by atoms with Gasteiger partial charge in [-0.15, -0.1) is 0 Å². The molecule has 1 fully saturated rings. The van der Waals surface area contributed by atoms with Gasteiger partial charge in [0, 0.05) is 42.5 Å². The molecule has 6 heteroatoms. The van der Waals surface area contributed by atoms with Gasteiger partial charge in [-0.05, 0) is 37.9 Å². The van der Waals surface area contributed by atoms with E-state index in [2.05, 4.69) is 22.0 Å². The van der Waals surface area contributed by atoms with Gasteiger partial charge in [-0.1, -0.05) is 29.8 Å². The molecule has 0 amide bonds. The lowest BCUT2D eigenvalue weighted by Gasteiger charge is -2.42. The number of esters is 2. The fourth-order valence-electron chi connectivity index (χ4n) is 5.15. The Morgan fingerprint density at radius 3 is 2.83 bits per heavy atom. The van der Waals surface area contributed by atoms with Crippen molar-refractivity contribution in [1.29, 1.82) is 0 Å². The molecule has 1 N–H and O–H groups in total. The third-order valence-electron chi connectivity index (χ3n) is 6.54. The second-order valence-electron chi connectivity index (χ2n) is 8.00. The molecule has 1 saturated heterocycles. The van der Waals surface area contributed by atoms with Crippen molar-refractivity contribution in [2.75, 3.05) is 33.4 Å². The normalized spacial score (nSPS) is 27.8. The summed E-state index contributed by atoms with van der Waals surface area (Å²) in [6, 6.07) is 8.11. The van der Waals surface area contributed by atoms with E-state index in [1.165, 1.54) is 19.6 Å². The summed E-state index contributed by atoms with van der Waals surface area (Å²) in [7, 11) is 1.41. The van der Waals surface area contributed by atoms with Gasteiger partial charge in [-0.2, -0.15) is 0 Å². The lowest BCUT2D eigenvalue weighted by molar-refractivity contribution is -0.157. The number of aromatic nitrogens is 1. The average Bonchev–Trinajstić information content (AvgIpc) is 3.14. The summed E-state index contributed by atoms with van der Waals surface area (Å²) in [4.78, 5) is 31.3. The maximum absolute atomic E-state index is 13.5. The van der Waals surface area contributed by atoms with Crippen LogP contribution in [0.3, 0.4) is 0 Å². The van der Waals surface area contributed by atoms with Gasteiger partial charge >= 0.3 is 11.9 Å². The number of nitrogens with zero attached hydrogens (tertiary/aromatic N) is 1. The van der Waals surface area contributed by atoms with E-state index in [4.69, 9.17) is 9.47 Å². The highest BCUT2D eigenvalue weighted by atomic mass is 16.5. The van der Waals surface area contributed by atoms with Crippen LogP contribution in [0, 0.1) is 5.92 Å². The summed E-state index contributed by atoms with van der Waals surface area (Å²) >= 11 is 0. The second-order valence-corrected chi connectivity index (χ2v) is 8.00. The van der Waals surface area contributed by atoms with Crippen LogP contribution in [0.1, 0.15) is 31.5 Å². The number of carbonyl (C=O) groups is 2. The zero-order valence-electron chi connectivity index (χ0n) is 17.3. The molecule has 0 aliphatic carbocycles. The number of ether oxygens (including phenoxy) is 2. The Morgan fingerprint density at radius 1 is 1.31 bits per heavy atom. The van der Waals surface area contributed by atoms with Crippen LogP contribution >= 0.6 is 0 Å². The molecule has 6 nitrogen and oxygen atoms in total. The number of fused-ring (bicyclic) bond motifs is 4. The Morgan fingerprint density at radius 2 is 2.10 bits per heavy atom. The third kappa shape index (κ3) is 3.15. The van der Waals surface area contributed by atoms with Crippen molar-refractivity contribution in [3.05, 3.63) is 47.2 Å². The lowest BCUT2D eigenvalue weighted by atomic mass is 9.66. The van der Waals surface area contributed by atoms with E-state index in [1.54, 1.807) is 0 Å². The van der Waals surface area contributed by atoms with Gasteiger partial charge in [0.25, 0.3) is 0 Å². The molecule has 0 spiro atoms. The number of methoxy groups -OCH3 is 1. The van der Waals surface area contributed by atoms with Crippen molar-refractivity contribution in [1.82, 2.24) is 9.88 Å². The smallest absolute Gasteiger partial charge is 0.321 e. The molecular weight excluding hydrogens is 368 g/mol. The van der Waals surface area contributed by atoms with Crippen LogP contribution in [0.25, 0.3) is 10.9 Å². The Balaban J connectivity index is 2.03. The highest BCUT2D eigenvalue weighted by Crippen LogP contribution is 2.46. The maximum atomic E-state index is 13.5. The van der Waals surface area contributed by atoms with Gasteiger partial charge in [0.05, 0.1) is 7.11 Å². The Labute approximate surface area is 170 Å². The number of nitrogens with one attached hydrogen (secondary N) is 1. The van der Waals surface area contributed by atoms with E-state index in [0.29, 0.717) is 0 Å². The number of allylic oxidation sites excluding steroid dienone is 1. The third-order valence-corrected chi connectivity index (χ3v) is 6.54. The first-order valence-electron chi connectivity index (χ1n) is 10.2. The first kappa shape index (κ1) is 19.7.